The fraction of sp³-hybridized carbons (Fsp3) is 0.538. The lowest BCUT2D eigenvalue weighted by atomic mass is 10.00. The molecule has 1 aromatic rings. The largest absolute Gasteiger partial charge is 0.298 e. The average Bonchev–Trinajstić information content (AvgIpc) is 2.17. The molecule has 2 rings (SSSR count). The zero-order chi connectivity index (χ0) is 10.7. The molecule has 0 N–H and O–H groups in total. The predicted molar refractivity (Wildman–Crippen MR) is 73.3 cm³/mol. The van der Waals surface area contributed by atoms with E-state index in [1.807, 2.05) is 0 Å². The summed E-state index contributed by atoms with van der Waals surface area (Å²) in [7, 11) is 0. The van der Waals surface area contributed by atoms with Gasteiger partial charge in [0, 0.05) is 23.6 Å². The van der Waals surface area contributed by atoms with Crippen molar-refractivity contribution < 1.29 is 0 Å². The van der Waals surface area contributed by atoms with Crippen LogP contribution in [0, 0.1) is 5.92 Å². The molecular formula is C13H18IN. The van der Waals surface area contributed by atoms with Gasteiger partial charge in [0.05, 0.1) is 0 Å². The first-order chi connectivity index (χ1) is 7.24. The molecule has 82 valence electrons. The molecule has 1 saturated heterocycles. The molecule has 0 bridgehead atoms. The highest BCUT2D eigenvalue weighted by Crippen LogP contribution is 2.23. The second-order valence-electron chi connectivity index (χ2n) is 4.62. The molecule has 0 spiro atoms. The van der Waals surface area contributed by atoms with E-state index in [0.717, 1.165) is 16.4 Å². The van der Waals surface area contributed by atoms with Gasteiger partial charge in [-0.25, -0.2) is 0 Å². The summed E-state index contributed by atoms with van der Waals surface area (Å²) in [5.74, 6) is 0.851. The van der Waals surface area contributed by atoms with Crippen molar-refractivity contribution in [1.29, 1.82) is 0 Å². The standard InChI is InChI=1S/C13H18IN/c1-11-7-13(14)10-15(8-11)9-12-5-3-2-4-6-12/h2-6,11,13H,7-10H2,1H3/t11-,13+/m0/s1. The van der Waals surface area contributed by atoms with Crippen LogP contribution in [0.1, 0.15) is 18.9 Å². The van der Waals surface area contributed by atoms with E-state index in [2.05, 4.69) is 64.7 Å². The van der Waals surface area contributed by atoms with E-state index in [1.54, 1.807) is 0 Å². The third-order valence-electron chi connectivity index (χ3n) is 2.93. The van der Waals surface area contributed by atoms with E-state index in [4.69, 9.17) is 0 Å². The van der Waals surface area contributed by atoms with E-state index in [-0.39, 0.29) is 0 Å². The number of likely N-dealkylation sites (tertiary alicyclic amines) is 1. The molecule has 0 radical (unpaired) electrons. The summed E-state index contributed by atoms with van der Waals surface area (Å²) >= 11 is 2.59. The van der Waals surface area contributed by atoms with Crippen molar-refractivity contribution in [2.24, 2.45) is 5.92 Å². The summed E-state index contributed by atoms with van der Waals surface area (Å²) in [6, 6.07) is 10.8. The Morgan fingerprint density at radius 2 is 2.00 bits per heavy atom. The Morgan fingerprint density at radius 1 is 1.27 bits per heavy atom. The zero-order valence-electron chi connectivity index (χ0n) is 9.20. The monoisotopic (exact) mass is 315 g/mol. The van der Waals surface area contributed by atoms with Gasteiger partial charge in [-0.2, -0.15) is 0 Å². The van der Waals surface area contributed by atoms with Crippen molar-refractivity contribution in [3.63, 3.8) is 0 Å². The van der Waals surface area contributed by atoms with E-state index < -0.39 is 0 Å². The van der Waals surface area contributed by atoms with Crippen LogP contribution in [-0.4, -0.2) is 21.9 Å². The predicted octanol–water partition coefficient (Wildman–Crippen LogP) is 3.33. The van der Waals surface area contributed by atoms with Gasteiger partial charge in [-0.15, -0.1) is 0 Å². The van der Waals surface area contributed by atoms with Gasteiger partial charge >= 0.3 is 0 Å². The summed E-state index contributed by atoms with van der Waals surface area (Å²) in [6.07, 6.45) is 1.38. The number of alkyl halides is 1. The third-order valence-corrected chi connectivity index (χ3v) is 3.84. The first-order valence-electron chi connectivity index (χ1n) is 5.64. The second kappa shape index (κ2) is 5.30. The molecule has 1 fully saturated rings. The average molecular weight is 315 g/mol. The summed E-state index contributed by atoms with van der Waals surface area (Å²) in [6.45, 7) is 5.99. The molecule has 1 aliphatic heterocycles. The van der Waals surface area contributed by atoms with Gasteiger partial charge in [0.15, 0.2) is 0 Å². The van der Waals surface area contributed by atoms with Crippen LogP contribution >= 0.6 is 22.6 Å². The highest BCUT2D eigenvalue weighted by atomic mass is 127. The minimum Gasteiger partial charge on any atom is -0.298 e. The van der Waals surface area contributed by atoms with Crippen LogP contribution in [-0.2, 0) is 6.54 Å². The molecule has 0 aromatic heterocycles. The number of benzene rings is 1. The van der Waals surface area contributed by atoms with Gasteiger partial charge in [-0.1, -0.05) is 59.8 Å². The van der Waals surface area contributed by atoms with Crippen LogP contribution in [0.15, 0.2) is 30.3 Å². The van der Waals surface area contributed by atoms with Gasteiger partial charge in [0.2, 0.25) is 0 Å². The lowest BCUT2D eigenvalue weighted by Crippen LogP contribution is -2.39. The zero-order valence-corrected chi connectivity index (χ0v) is 11.4. The van der Waals surface area contributed by atoms with Gasteiger partial charge in [0.1, 0.15) is 0 Å². The number of hydrogen-bond donors (Lipinski definition) is 0. The first-order valence-corrected chi connectivity index (χ1v) is 6.89. The molecule has 2 atom stereocenters. The second-order valence-corrected chi connectivity index (χ2v) is 6.38. The lowest BCUT2D eigenvalue weighted by Gasteiger charge is -2.34. The van der Waals surface area contributed by atoms with E-state index in [9.17, 15) is 0 Å². The maximum absolute atomic E-state index is 2.59. The molecule has 0 aliphatic carbocycles. The summed E-state index contributed by atoms with van der Waals surface area (Å²) in [4.78, 5) is 2.58. The Bertz CT molecular complexity index is 289. The quantitative estimate of drug-likeness (QED) is 0.598. The molecule has 0 amide bonds. The van der Waals surface area contributed by atoms with Gasteiger partial charge < -0.3 is 0 Å². The number of piperidine rings is 1. The first kappa shape index (κ1) is 11.4. The SMILES string of the molecule is C[C@H]1C[C@@H](I)CN(Cc2ccccc2)C1. The van der Waals surface area contributed by atoms with Crippen molar-refractivity contribution in [2.45, 2.75) is 23.8 Å². The fourth-order valence-corrected chi connectivity index (χ4v) is 3.78. The summed E-state index contributed by atoms with van der Waals surface area (Å²) in [5.41, 5.74) is 1.44. The third kappa shape index (κ3) is 3.45. The molecule has 1 aliphatic rings. The maximum atomic E-state index is 2.59. The Hall–Kier alpha value is -0.0900. The van der Waals surface area contributed by atoms with Crippen LogP contribution in [0.5, 0.6) is 0 Å². The Kier molecular flexibility index (Phi) is 4.03. The van der Waals surface area contributed by atoms with Crippen LogP contribution in [0.25, 0.3) is 0 Å². The van der Waals surface area contributed by atoms with Crippen LogP contribution in [0.2, 0.25) is 0 Å². The highest BCUT2D eigenvalue weighted by Gasteiger charge is 2.22. The molecule has 1 nitrogen and oxygen atoms in total. The Labute approximate surface area is 106 Å². The number of hydrogen-bond acceptors (Lipinski definition) is 1. The van der Waals surface area contributed by atoms with Crippen molar-refractivity contribution in [2.75, 3.05) is 13.1 Å². The highest BCUT2D eigenvalue weighted by molar-refractivity contribution is 14.1. The van der Waals surface area contributed by atoms with Crippen molar-refractivity contribution in [1.82, 2.24) is 4.90 Å². The minimum atomic E-state index is 0.829. The van der Waals surface area contributed by atoms with Crippen LogP contribution in [0.3, 0.4) is 0 Å². The smallest absolute Gasteiger partial charge is 0.0240 e. The van der Waals surface area contributed by atoms with Crippen molar-refractivity contribution >= 4 is 22.6 Å². The van der Waals surface area contributed by atoms with E-state index in [0.29, 0.717) is 0 Å². The van der Waals surface area contributed by atoms with Gasteiger partial charge in [-0.3, -0.25) is 4.90 Å². The number of halogens is 1. The lowest BCUT2D eigenvalue weighted by molar-refractivity contribution is 0.186. The van der Waals surface area contributed by atoms with Crippen molar-refractivity contribution in [3.8, 4) is 0 Å². The Balaban J connectivity index is 1.94. The molecule has 0 saturated carbocycles. The fourth-order valence-electron chi connectivity index (χ4n) is 2.35. The molecule has 2 heteroatoms. The number of nitrogens with zero attached hydrogens (tertiary/aromatic N) is 1. The Morgan fingerprint density at radius 3 is 2.67 bits per heavy atom. The van der Waals surface area contributed by atoms with Gasteiger partial charge in [-0.05, 0) is 17.9 Å². The maximum Gasteiger partial charge on any atom is 0.0240 e. The number of rotatable bonds is 2. The van der Waals surface area contributed by atoms with E-state index >= 15 is 0 Å². The summed E-state index contributed by atoms with van der Waals surface area (Å²) in [5, 5.41) is 0. The van der Waals surface area contributed by atoms with Crippen LogP contribution < -0.4 is 0 Å². The van der Waals surface area contributed by atoms with Gasteiger partial charge in [0.25, 0.3) is 0 Å². The van der Waals surface area contributed by atoms with Crippen LogP contribution in [0.4, 0.5) is 0 Å². The summed E-state index contributed by atoms with van der Waals surface area (Å²) < 4.78 is 0.829. The topological polar surface area (TPSA) is 3.24 Å². The van der Waals surface area contributed by atoms with Crippen molar-refractivity contribution in [3.05, 3.63) is 35.9 Å². The molecule has 1 aromatic carbocycles. The molecule has 0 unspecified atom stereocenters. The molecule has 1 heterocycles. The molecule has 15 heavy (non-hydrogen) atoms. The minimum absolute atomic E-state index is 0.829. The molecular weight excluding hydrogens is 297 g/mol. The normalized spacial score (nSPS) is 27.9. The van der Waals surface area contributed by atoms with E-state index in [1.165, 1.54) is 25.1 Å².